The highest BCUT2D eigenvalue weighted by Gasteiger charge is 2.67. The van der Waals surface area contributed by atoms with Crippen LogP contribution in [0.5, 0.6) is 0 Å². The summed E-state index contributed by atoms with van der Waals surface area (Å²) in [6, 6.07) is 0. The minimum absolute atomic E-state index is 0.597. The maximum Gasteiger partial charge on any atom is 0.264 e. The SMILES string of the molecule is CO[C@H]1[C@H]2OC(C)(C)O[C@H]2O[C@@]1([C@@H](C)O)[C@@H](C)OS(C)(=O)=O. The Morgan fingerprint density at radius 3 is 2.23 bits per heavy atom. The number of aliphatic hydroxyl groups excluding tert-OH is 1. The topological polar surface area (TPSA) is 101 Å². The van der Waals surface area contributed by atoms with Crippen LogP contribution in [0.1, 0.15) is 27.7 Å². The first-order valence-electron chi connectivity index (χ1n) is 7.05. The molecular weight excluding hydrogens is 316 g/mol. The van der Waals surface area contributed by atoms with Gasteiger partial charge in [-0.05, 0) is 27.7 Å². The highest BCUT2D eigenvalue weighted by molar-refractivity contribution is 7.86. The largest absolute Gasteiger partial charge is 0.390 e. The van der Waals surface area contributed by atoms with Crippen LogP contribution < -0.4 is 0 Å². The number of hydrogen-bond acceptors (Lipinski definition) is 8. The van der Waals surface area contributed by atoms with Crippen molar-refractivity contribution < 1.29 is 36.7 Å². The average molecular weight is 340 g/mol. The summed E-state index contributed by atoms with van der Waals surface area (Å²) in [6.45, 7) is 6.47. The molecule has 0 aromatic carbocycles. The van der Waals surface area contributed by atoms with Crippen LogP contribution in [0, 0.1) is 0 Å². The van der Waals surface area contributed by atoms with Crippen molar-refractivity contribution in [3.63, 3.8) is 0 Å². The molecule has 0 radical (unpaired) electrons. The highest BCUT2D eigenvalue weighted by atomic mass is 32.2. The van der Waals surface area contributed by atoms with E-state index in [1.165, 1.54) is 21.0 Å². The van der Waals surface area contributed by atoms with E-state index in [1.807, 2.05) is 0 Å². The molecule has 0 aromatic heterocycles. The average Bonchev–Trinajstić information content (AvgIpc) is 2.75. The first-order valence-corrected chi connectivity index (χ1v) is 8.87. The van der Waals surface area contributed by atoms with Crippen molar-refractivity contribution in [1.29, 1.82) is 0 Å². The Hall–Kier alpha value is -0.290. The van der Waals surface area contributed by atoms with Gasteiger partial charge in [0.1, 0.15) is 18.3 Å². The van der Waals surface area contributed by atoms with Crippen LogP contribution in [-0.4, -0.2) is 69.0 Å². The lowest BCUT2D eigenvalue weighted by Gasteiger charge is -2.41. The molecule has 2 saturated heterocycles. The van der Waals surface area contributed by atoms with Gasteiger partial charge >= 0.3 is 0 Å². The van der Waals surface area contributed by atoms with Crippen molar-refractivity contribution in [3.8, 4) is 0 Å². The molecule has 1 N–H and O–H groups in total. The normalized spacial score (nSPS) is 40.4. The summed E-state index contributed by atoms with van der Waals surface area (Å²) in [4.78, 5) is 0. The second-order valence-electron chi connectivity index (χ2n) is 6.21. The lowest BCUT2D eigenvalue weighted by molar-refractivity contribution is -0.275. The van der Waals surface area contributed by atoms with Crippen molar-refractivity contribution in [2.24, 2.45) is 0 Å². The highest BCUT2D eigenvalue weighted by Crippen LogP contribution is 2.47. The van der Waals surface area contributed by atoms with Gasteiger partial charge in [0.2, 0.25) is 0 Å². The fourth-order valence-corrected chi connectivity index (χ4v) is 3.91. The van der Waals surface area contributed by atoms with E-state index >= 15 is 0 Å². The molecule has 2 fully saturated rings. The molecule has 22 heavy (non-hydrogen) atoms. The second kappa shape index (κ2) is 5.66. The minimum Gasteiger partial charge on any atom is -0.390 e. The van der Waals surface area contributed by atoms with Crippen molar-refractivity contribution >= 4 is 10.1 Å². The van der Waals surface area contributed by atoms with Gasteiger partial charge in [-0.25, -0.2) is 0 Å². The van der Waals surface area contributed by atoms with E-state index in [2.05, 4.69) is 0 Å². The molecule has 0 aliphatic carbocycles. The van der Waals surface area contributed by atoms with Crippen molar-refractivity contribution in [1.82, 2.24) is 0 Å². The van der Waals surface area contributed by atoms with Crippen molar-refractivity contribution in [3.05, 3.63) is 0 Å². The minimum atomic E-state index is -3.74. The van der Waals surface area contributed by atoms with E-state index in [0.717, 1.165) is 6.26 Å². The molecule has 8 nitrogen and oxygen atoms in total. The van der Waals surface area contributed by atoms with Gasteiger partial charge in [-0.2, -0.15) is 8.42 Å². The van der Waals surface area contributed by atoms with E-state index in [0.29, 0.717) is 0 Å². The second-order valence-corrected chi connectivity index (χ2v) is 7.82. The van der Waals surface area contributed by atoms with Crippen LogP contribution in [0.4, 0.5) is 0 Å². The Morgan fingerprint density at radius 1 is 1.18 bits per heavy atom. The maximum absolute atomic E-state index is 11.4. The lowest BCUT2D eigenvalue weighted by Crippen LogP contribution is -2.60. The third-order valence-corrected chi connectivity index (χ3v) is 4.65. The molecule has 2 heterocycles. The Morgan fingerprint density at radius 2 is 1.77 bits per heavy atom. The molecule has 0 unspecified atom stereocenters. The molecule has 0 saturated carbocycles. The van der Waals surface area contributed by atoms with Crippen LogP contribution in [0.15, 0.2) is 0 Å². The van der Waals surface area contributed by atoms with E-state index in [-0.39, 0.29) is 0 Å². The summed E-state index contributed by atoms with van der Waals surface area (Å²) in [7, 11) is -2.30. The Bertz CT molecular complexity index is 516. The van der Waals surface area contributed by atoms with Crippen LogP contribution in [0.2, 0.25) is 0 Å². The van der Waals surface area contributed by atoms with Gasteiger partial charge in [-0.3, -0.25) is 4.18 Å². The van der Waals surface area contributed by atoms with Crippen LogP contribution in [0.25, 0.3) is 0 Å². The predicted octanol–water partition coefficient (Wildman–Crippen LogP) is -0.00650. The number of rotatable bonds is 5. The summed E-state index contributed by atoms with van der Waals surface area (Å²) in [5.41, 5.74) is -1.43. The molecule has 2 aliphatic rings. The summed E-state index contributed by atoms with van der Waals surface area (Å²) >= 11 is 0. The number of fused-ring (bicyclic) bond motifs is 1. The Kier molecular flexibility index (Phi) is 4.64. The molecule has 130 valence electrons. The van der Waals surface area contributed by atoms with Gasteiger partial charge < -0.3 is 24.1 Å². The zero-order valence-electron chi connectivity index (χ0n) is 13.6. The molecule has 0 aromatic rings. The maximum atomic E-state index is 11.4. The third kappa shape index (κ3) is 3.03. The Labute approximate surface area is 130 Å². The van der Waals surface area contributed by atoms with Crippen molar-refractivity contribution in [2.75, 3.05) is 13.4 Å². The fraction of sp³-hybridized carbons (Fsp3) is 1.00. The monoisotopic (exact) mass is 340 g/mol. The standard InChI is InChI=1S/C13H24O8S/c1-7(14)13(8(2)21-22(6,15)16)10(17-5)9-11(20-13)19-12(3,4)18-9/h7-11,14H,1-6H3/t7-,8-,9-,10+,11+,13+/m1/s1. The van der Waals surface area contributed by atoms with E-state index in [4.69, 9.17) is 23.1 Å². The first kappa shape index (κ1) is 18.1. The predicted molar refractivity (Wildman–Crippen MR) is 75.5 cm³/mol. The third-order valence-electron chi connectivity index (χ3n) is 4.01. The van der Waals surface area contributed by atoms with Gasteiger partial charge in [-0.15, -0.1) is 0 Å². The first-order chi connectivity index (χ1) is 9.93. The molecule has 0 bridgehead atoms. The quantitative estimate of drug-likeness (QED) is 0.698. The van der Waals surface area contributed by atoms with E-state index in [1.54, 1.807) is 13.8 Å². The molecule has 0 spiro atoms. The smallest absolute Gasteiger partial charge is 0.264 e. The molecule has 9 heteroatoms. The Balaban J connectivity index is 2.36. The van der Waals surface area contributed by atoms with Gasteiger partial charge in [-0.1, -0.05) is 0 Å². The van der Waals surface area contributed by atoms with Gasteiger partial charge in [0.05, 0.1) is 12.4 Å². The summed E-state index contributed by atoms with van der Waals surface area (Å²) < 4.78 is 50.7. The summed E-state index contributed by atoms with van der Waals surface area (Å²) in [5.74, 6) is -0.849. The molecule has 0 amide bonds. The number of aliphatic hydroxyl groups is 1. The molecule has 2 aliphatic heterocycles. The zero-order valence-corrected chi connectivity index (χ0v) is 14.4. The van der Waals surface area contributed by atoms with E-state index < -0.39 is 52.2 Å². The molecule has 6 atom stereocenters. The van der Waals surface area contributed by atoms with Crippen molar-refractivity contribution in [2.45, 2.75) is 69.8 Å². The van der Waals surface area contributed by atoms with Crippen LogP contribution >= 0.6 is 0 Å². The van der Waals surface area contributed by atoms with Gasteiger partial charge in [0, 0.05) is 7.11 Å². The number of methoxy groups -OCH3 is 1. The fourth-order valence-electron chi connectivity index (χ4n) is 3.24. The lowest BCUT2D eigenvalue weighted by atomic mass is 9.85. The number of hydrogen-bond donors (Lipinski definition) is 1. The van der Waals surface area contributed by atoms with Crippen LogP contribution in [0.3, 0.4) is 0 Å². The molecule has 2 rings (SSSR count). The summed E-state index contributed by atoms with van der Waals surface area (Å²) in [6.07, 6.45) is -3.26. The van der Waals surface area contributed by atoms with Gasteiger partial charge in [0.25, 0.3) is 10.1 Å². The van der Waals surface area contributed by atoms with E-state index in [9.17, 15) is 13.5 Å². The summed E-state index contributed by atoms with van der Waals surface area (Å²) in [5, 5.41) is 10.3. The number of ether oxygens (including phenoxy) is 4. The zero-order chi connectivity index (χ0) is 16.9. The van der Waals surface area contributed by atoms with Crippen LogP contribution in [-0.2, 0) is 33.2 Å². The van der Waals surface area contributed by atoms with Gasteiger partial charge in [0.15, 0.2) is 17.7 Å². The molecular formula is C13H24O8S.